The molecule has 3 heterocycles. The number of thiophene rings is 2. The number of aryl methyl sites for hydroxylation is 2. The zero-order chi connectivity index (χ0) is 22.6. The number of nitrogens with two attached hydrogens (primary N) is 1. The summed E-state index contributed by atoms with van der Waals surface area (Å²) in [6, 6.07) is 19.2. The zero-order valence-electron chi connectivity index (χ0n) is 17.6. The third-order valence-corrected chi connectivity index (χ3v) is 6.93. The van der Waals surface area contributed by atoms with Crippen LogP contribution >= 0.6 is 22.7 Å². The van der Waals surface area contributed by atoms with Crippen LogP contribution in [0, 0.1) is 0 Å². The van der Waals surface area contributed by atoms with Gasteiger partial charge in [0.1, 0.15) is 5.69 Å². The van der Waals surface area contributed by atoms with Gasteiger partial charge in [0.15, 0.2) is 0 Å². The first-order valence-corrected chi connectivity index (χ1v) is 12.2. The summed E-state index contributed by atoms with van der Waals surface area (Å²) in [6.45, 7) is 0.754. The fraction of sp³-hybridized carbons (Fsp3) is 0.0800. The van der Waals surface area contributed by atoms with Crippen molar-refractivity contribution in [3.05, 3.63) is 94.1 Å². The number of nitrogens with zero attached hydrogens (tertiary/aromatic N) is 3. The molecule has 1 amide bonds. The fourth-order valence-electron chi connectivity index (χ4n) is 3.49. The van der Waals surface area contributed by atoms with Crippen molar-refractivity contribution in [2.45, 2.75) is 13.0 Å². The Morgan fingerprint density at radius 1 is 1.03 bits per heavy atom. The van der Waals surface area contributed by atoms with Gasteiger partial charge in [0.25, 0.3) is 5.91 Å². The van der Waals surface area contributed by atoms with Crippen molar-refractivity contribution in [2.24, 2.45) is 0 Å². The molecule has 3 N–H and O–H groups in total. The summed E-state index contributed by atoms with van der Waals surface area (Å²) in [7, 11) is 0. The molecular weight excluding hydrogens is 450 g/mol. The Hall–Kier alpha value is -3.75. The number of carbonyl (C=O) groups excluding carboxylic acids is 1. The lowest BCUT2D eigenvalue weighted by atomic mass is 10.1. The summed E-state index contributed by atoms with van der Waals surface area (Å²) in [6.07, 6.45) is 2.81. The number of benzene rings is 2. The maximum atomic E-state index is 13.0. The van der Waals surface area contributed by atoms with Crippen LogP contribution in [0.15, 0.2) is 83.0 Å². The van der Waals surface area contributed by atoms with E-state index in [1.807, 2.05) is 64.8 Å². The molecule has 0 saturated heterocycles. The molecule has 164 valence electrons. The Labute approximate surface area is 199 Å². The number of rotatable bonds is 7. The maximum absolute atomic E-state index is 13.0. The van der Waals surface area contributed by atoms with Gasteiger partial charge in [-0.25, -0.2) is 0 Å². The van der Waals surface area contributed by atoms with E-state index in [0.717, 1.165) is 34.7 Å². The van der Waals surface area contributed by atoms with Gasteiger partial charge in [-0.05, 0) is 70.1 Å². The van der Waals surface area contributed by atoms with Crippen LogP contribution in [0.25, 0.3) is 21.7 Å². The molecule has 0 saturated carbocycles. The van der Waals surface area contributed by atoms with Crippen LogP contribution in [-0.4, -0.2) is 20.9 Å². The first kappa shape index (κ1) is 21.1. The summed E-state index contributed by atoms with van der Waals surface area (Å²) < 4.78 is 1.83. The summed E-state index contributed by atoms with van der Waals surface area (Å²) in [5.74, 6) is -0.225. The predicted octanol–water partition coefficient (Wildman–Crippen LogP) is 5.81. The van der Waals surface area contributed by atoms with Crippen molar-refractivity contribution in [1.82, 2.24) is 15.0 Å². The lowest BCUT2D eigenvalue weighted by Crippen LogP contribution is -2.13. The van der Waals surface area contributed by atoms with Gasteiger partial charge in [0, 0.05) is 22.5 Å². The molecular formula is C25H21N5OS2. The number of hydrogen-bond acceptors (Lipinski definition) is 6. The van der Waals surface area contributed by atoms with E-state index in [1.165, 1.54) is 5.56 Å². The van der Waals surface area contributed by atoms with Crippen LogP contribution in [0.4, 0.5) is 11.4 Å². The first-order chi connectivity index (χ1) is 16.2. The number of nitrogens with one attached hydrogen (secondary N) is 1. The molecule has 0 radical (unpaired) electrons. The Morgan fingerprint density at radius 2 is 1.97 bits per heavy atom. The highest BCUT2D eigenvalue weighted by molar-refractivity contribution is 7.13. The Morgan fingerprint density at radius 3 is 2.79 bits per heavy atom. The second-order valence-corrected chi connectivity index (χ2v) is 9.29. The minimum Gasteiger partial charge on any atom is -0.397 e. The zero-order valence-corrected chi connectivity index (χ0v) is 19.3. The molecule has 0 spiro atoms. The molecule has 0 unspecified atom stereocenters. The highest BCUT2D eigenvalue weighted by Gasteiger charge is 2.12. The first-order valence-electron chi connectivity index (χ1n) is 10.4. The van der Waals surface area contributed by atoms with Crippen molar-refractivity contribution >= 4 is 40.0 Å². The second kappa shape index (κ2) is 9.40. The second-order valence-electron chi connectivity index (χ2n) is 7.56. The highest BCUT2D eigenvalue weighted by Crippen LogP contribution is 2.30. The number of carbonyl (C=O) groups is 1. The number of nitrogen functional groups attached to an aromatic ring is 1. The number of amides is 1. The van der Waals surface area contributed by atoms with Gasteiger partial charge >= 0.3 is 0 Å². The van der Waals surface area contributed by atoms with Gasteiger partial charge < -0.3 is 11.1 Å². The van der Waals surface area contributed by atoms with Gasteiger partial charge in [-0.1, -0.05) is 29.5 Å². The molecule has 5 aromatic rings. The Bertz CT molecular complexity index is 1370. The van der Waals surface area contributed by atoms with Gasteiger partial charge in [0.05, 0.1) is 17.6 Å². The third kappa shape index (κ3) is 4.87. The van der Waals surface area contributed by atoms with Crippen molar-refractivity contribution in [3.63, 3.8) is 0 Å². The third-order valence-electron chi connectivity index (χ3n) is 5.28. The molecule has 3 aromatic heterocycles. The standard InChI is InChI=1S/C25H21N5OS2/c26-21-7-6-19(24-5-2-11-33-24)14-22(21)27-25(31)20-4-1-3-18(13-20)23-15-30(29-28-23)10-8-17-9-12-32-16-17/h1-7,9,11-16H,8,10,26H2,(H,27,31). The largest absolute Gasteiger partial charge is 0.397 e. The molecule has 33 heavy (non-hydrogen) atoms. The van der Waals surface area contributed by atoms with Gasteiger partial charge in [-0.2, -0.15) is 11.3 Å². The average Bonchev–Trinajstić information content (AvgIpc) is 3.62. The van der Waals surface area contributed by atoms with Crippen LogP contribution in [0.2, 0.25) is 0 Å². The summed E-state index contributed by atoms with van der Waals surface area (Å²) in [4.78, 5) is 14.1. The number of anilines is 2. The molecule has 2 aromatic carbocycles. The molecule has 0 aliphatic rings. The van der Waals surface area contributed by atoms with Crippen molar-refractivity contribution in [3.8, 4) is 21.7 Å². The average molecular weight is 472 g/mol. The van der Waals surface area contributed by atoms with Crippen LogP contribution in [0.5, 0.6) is 0 Å². The minimum absolute atomic E-state index is 0.225. The number of aromatic nitrogens is 3. The Balaban J connectivity index is 1.31. The molecule has 0 aliphatic heterocycles. The van der Waals surface area contributed by atoms with E-state index >= 15 is 0 Å². The van der Waals surface area contributed by atoms with Gasteiger partial charge in [0.2, 0.25) is 0 Å². The molecule has 0 aliphatic carbocycles. The summed E-state index contributed by atoms with van der Waals surface area (Å²) >= 11 is 3.33. The SMILES string of the molecule is Nc1ccc(-c2cccs2)cc1NC(=O)c1cccc(-c2cn(CCc3ccsc3)nn2)c1. The normalized spacial score (nSPS) is 10.9. The van der Waals surface area contributed by atoms with Crippen LogP contribution in [-0.2, 0) is 13.0 Å². The molecule has 0 bridgehead atoms. The van der Waals surface area contributed by atoms with E-state index in [-0.39, 0.29) is 5.91 Å². The molecule has 0 fully saturated rings. The Kier molecular flexibility index (Phi) is 6.01. The van der Waals surface area contributed by atoms with Gasteiger partial charge in [-0.3, -0.25) is 9.48 Å². The lowest BCUT2D eigenvalue weighted by molar-refractivity contribution is 0.102. The van der Waals surface area contributed by atoms with E-state index in [9.17, 15) is 4.79 Å². The lowest BCUT2D eigenvalue weighted by Gasteiger charge is -2.10. The molecule has 8 heteroatoms. The van der Waals surface area contributed by atoms with E-state index in [0.29, 0.717) is 16.9 Å². The highest BCUT2D eigenvalue weighted by atomic mass is 32.1. The monoisotopic (exact) mass is 471 g/mol. The van der Waals surface area contributed by atoms with Crippen LogP contribution in [0.1, 0.15) is 15.9 Å². The minimum atomic E-state index is -0.225. The van der Waals surface area contributed by atoms with Crippen molar-refractivity contribution in [1.29, 1.82) is 0 Å². The van der Waals surface area contributed by atoms with E-state index in [1.54, 1.807) is 28.7 Å². The fourth-order valence-corrected chi connectivity index (χ4v) is 4.92. The molecule has 0 atom stereocenters. The van der Waals surface area contributed by atoms with E-state index in [2.05, 4.69) is 32.5 Å². The van der Waals surface area contributed by atoms with E-state index < -0.39 is 0 Å². The maximum Gasteiger partial charge on any atom is 0.255 e. The van der Waals surface area contributed by atoms with E-state index in [4.69, 9.17) is 5.73 Å². The predicted molar refractivity (Wildman–Crippen MR) is 136 cm³/mol. The topological polar surface area (TPSA) is 85.8 Å². The molecule has 6 nitrogen and oxygen atoms in total. The smallest absolute Gasteiger partial charge is 0.255 e. The van der Waals surface area contributed by atoms with Gasteiger partial charge in [-0.15, -0.1) is 16.4 Å². The van der Waals surface area contributed by atoms with Crippen LogP contribution < -0.4 is 11.1 Å². The quantitative estimate of drug-likeness (QED) is 0.293. The molecule has 5 rings (SSSR count). The summed E-state index contributed by atoms with van der Waals surface area (Å²) in [5.41, 5.74) is 11.6. The number of hydrogen-bond donors (Lipinski definition) is 2. The summed E-state index contributed by atoms with van der Waals surface area (Å²) in [5, 5.41) is 17.7. The van der Waals surface area contributed by atoms with Crippen LogP contribution in [0.3, 0.4) is 0 Å². The van der Waals surface area contributed by atoms with Crippen molar-refractivity contribution < 1.29 is 4.79 Å². The van der Waals surface area contributed by atoms with Crippen molar-refractivity contribution in [2.75, 3.05) is 11.1 Å².